The van der Waals surface area contributed by atoms with Crippen LogP contribution in [0.25, 0.3) is 0 Å². The Morgan fingerprint density at radius 2 is 1.93 bits per heavy atom. The van der Waals surface area contributed by atoms with Crippen molar-refractivity contribution in [2.24, 2.45) is 0 Å². The molecule has 0 unspecified atom stereocenters. The number of rotatable bonds is 9. The van der Waals surface area contributed by atoms with Crippen LogP contribution in [0.4, 0.5) is 0 Å². The van der Waals surface area contributed by atoms with Crippen LogP contribution in [-0.2, 0) is 11.3 Å². The van der Waals surface area contributed by atoms with Crippen LogP contribution >= 0.6 is 11.6 Å². The van der Waals surface area contributed by atoms with Gasteiger partial charge in [-0.1, -0.05) is 48.7 Å². The quantitative estimate of drug-likeness (QED) is 0.616. The predicted octanol–water partition coefficient (Wildman–Crippen LogP) is 5.00. The molecule has 1 aliphatic carbocycles. The monoisotopic (exact) mass is 387 g/mol. The lowest BCUT2D eigenvalue weighted by Gasteiger charge is -2.12. The molecule has 0 bridgehead atoms. The van der Waals surface area contributed by atoms with Gasteiger partial charge in [0.05, 0.1) is 6.10 Å². The van der Waals surface area contributed by atoms with E-state index in [1.54, 1.807) is 12.1 Å². The van der Waals surface area contributed by atoms with Crippen molar-refractivity contribution in [1.82, 2.24) is 5.32 Å². The van der Waals surface area contributed by atoms with Crippen LogP contribution in [-0.4, -0.2) is 25.2 Å². The lowest BCUT2D eigenvalue weighted by atomic mass is 10.2. The van der Waals surface area contributed by atoms with Crippen molar-refractivity contribution in [1.29, 1.82) is 0 Å². The Balaban J connectivity index is 1.42. The highest BCUT2D eigenvalue weighted by Crippen LogP contribution is 2.21. The van der Waals surface area contributed by atoms with E-state index in [4.69, 9.17) is 21.1 Å². The van der Waals surface area contributed by atoms with E-state index in [-0.39, 0.29) is 5.91 Å². The second kappa shape index (κ2) is 10.3. The van der Waals surface area contributed by atoms with Gasteiger partial charge in [0.25, 0.3) is 5.91 Å². The Morgan fingerprint density at radius 1 is 1.11 bits per heavy atom. The predicted molar refractivity (Wildman–Crippen MR) is 107 cm³/mol. The lowest BCUT2D eigenvalue weighted by molar-refractivity contribution is 0.0565. The third-order valence-electron chi connectivity index (χ3n) is 4.71. The average Bonchev–Trinajstić information content (AvgIpc) is 3.21. The van der Waals surface area contributed by atoms with E-state index in [1.807, 2.05) is 36.4 Å². The standard InChI is InChI=1S/C22H26ClNO3/c23-21-12-4-1-7-18(21)16-27-20-11-5-8-17(15-20)22(25)24-13-6-14-26-19-9-2-3-10-19/h1,4-5,7-8,11-12,15,19H,2-3,6,9-10,13-14,16H2,(H,24,25). The van der Waals surface area contributed by atoms with Gasteiger partial charge in [0.1, 0.15) is 12.4 Å². The second-order valence-corrected chi connectivity index (χ2v) is 7.20. The molecule has 0 aliphatic heterocycles. The van der Waals surface area contributed by atoms with Gasteiger partial charge < -0.3 is 14.8 Å². The van der Waals surface area contributed by atoms with Crippen molar-refractivity contribution < 1.29 is 14.3 Å². The molecule has 2 aromatic rings. The van der Waals surface area contributed by atoms with E-state index in [2.05, 4.69) is 5.32 Å². The highest BCUT2D eigenvalue weighted by molar-refractivity contribution is 6.31. The zero-order valence-corrected chi connectivity index (χ0v) is 16.2. The largest absolute Gasteiger partial charge is 0.489 e. The first-order valence-corrected chi connectivity index (χ1v) is 9.96. The number of benzene rings is 2. The molecule has 0 radical (unpaired) electrons. The van der Waals surface area contributed by atoms with Gasteiger partial charge in [0, 0.05) is 29.3 Å². The highest BCUT2D eigenvalue weighted by atomic mass is 35.5. The molecule has 0 aromatic heterocycles. The molecule has 0 spiro atoms. The average molecular weight is 388 g/mol. The topological polar surface area (TPSA) is 47.6 Å². The SMILES string of the molecule is O=C(NCCCOC1CCCC1)c1cccc(OCc2ccccc2Cl)c1. The maximum Gasteiger partial charge on any atom is 0.251 e. The van der Waals surface area contributed by atoms with Gasteiger partial charge >= 0.3 is 0 Å². The molecule has 1 aliphatic rings. The molecule has 3 rings (SSSR count). The number of amides is 1. The number of ether oxygens (including phenoxy) is 2. The minimum atomic E-state index is -0.0981. The number of halogens is 1. The van der Waals surface area contributed by atoms with Gasteiger partial charge in [0.15, 0.2) is 0 Å². The molecule has 1 saturated carbocycles. The molecule has 4 nitrogen and oxygen atoms in total. The fourth-order valence-corrected chi connectivity index (χ4v) is 3.38. The number of nitrogens with one attached hydrogen (secondary N) is 1. The van der Waals surface area contributed by atoms with Crippen LogP contribution in [0, 0.1) is 0 Å². The molecule has 5 heteroatoms. The first kappa shape index (κ1) is 19.7. The summed E-state index contributed by atoms with van der Waals surface area (Å²) in [5.41, 5.74) is 1.50. The van der Waals surface area contributed by atoms with Crippen LogP contribution in [0.5, 0.6) is 5.75 Å². The van der Waals surface area contributed by atoms with E-state index in [9.17, 15) is 4.79 Å². The fraction of sp³-hybridized carbons (Fsp3) is 0.409. The summed E-state index contributed by atoms with van der Waals surface area (Å²) >= 11 is 6.14. The maximum absolute atomic E-state index is 12.3. The van der Waals surface area contributed by atoms with Crippen molar-refractivity contribution in [3.63, 3.8) is 0 Å². The van der Waals surface area contributed by atoms with Gasteiger partial charge in [-0.2, -0.15) is 0 Å². The van der Waals surface area contributed by atoms with Crippen molar-refractivity contribution in [2.75, 3.05) is 13.2 Å². The summed E-state index contributed by atoms with van der Waals surface area (Å²) in [4.78, 5) is 12.3. The molecule has 0 atom stereocenters. The van der Waals surface area contributed by atoms with Crippen LogP contribution in [0.3, 0.4) is 0 Å². The Kier molecular flexibility index (Phi) is 7.55. The van der Waals surface area contributed by atoms with Crippen LogP contribution in [0.2, 0.25) is 5.02 Å². The van der Waals surface area contributed by atoms with Crippen molar-refractivity contribution in [3.8, 4) is 5.75 Å². The zero-order chi connectivity index (χ0) is 18.9. The number of hydrogen-bond acceptors (Lipinski definition) is 3. The van der Waals surface area contributed by atoms with E-state index in [0.717, 1.165) is 12.0 Å². The molecular weight excluding hydrogens is 362 g/mol. The van der Waals surface area contributed by atoms with Gasteiger partial charge in [-0.15, -0.1) is 0 Å². The maximum atomic E-state index is 12.3. The molecular formula is C22H26ClNO3. The molecule has 0 saturated heterocycles. The second-order valence-electron chi connectivity index (χ2n) is 6.79. The molecule has 27 heavy (non-hydrogen) atoms. The van der Waals surface area contributed by atoms with Crippen LogP contribution < -0.4 is 10.1 Å². The van der Waals surface area contributed by atoms with Crippen LogP contribution in [0.1, 0.15) is 48.0 Å². The summed E-state index contributed by atoms with van der Waals surface area (Å²) in [6.07, 6.45) is 6.14. The zero-order valence-electron chi connectivity index (χ0n) is 15.5. The van der Waals surface area contributed by atoms with Crippen molar-refractivity contribution in [2.45, 2.75) is 44.8 Å². The lowest BCUT2D eigenvalue weighted by Crippen LogP contribution is -2.25. The Bertz CT molecular complexity index is 744. The summed E-state index contributed by atoms with van der Waals surface area (Å²) in [5, 5.41) is 3.61. The van der Waals surface area contributed by atoms with Gasteiger partial charge in [-0.25, -0.2) is 0 Å². The normalized spacial score (nSPS) is 14.3. The van der Waals surface area contributed by atoms with E-state index >= 15 is 0 Å². The summed E-state index contributed by atoms with van der Waals surface area (Å²) in [5.74, 6) is 0.547. The van der Waals surface area contributed by atoms with Gasteiger partial charge in [-0.3, -0.25) is 4.79 Å². The fourth-order valence-electron chi connectivity index (χ4n) is 3.18. The van der Waals surface area contributed by atoms with Crippen LogP contribution in [0.15, 0.2) is 48.5 Å². The summed E-state index contributed by atoms with van der Waals surface area (Å²) in [6.45, 7) is 1.67. The van der Waals surface area contributed by atoms with E-state index < -0.39 is 0 Å². The van der Waals surface area contributed by atoms with Crippen molar-refractivity contribution in [3.05, 3.63) is 64.7 Å². The smallest absolute Gasteiger partial charge is 0.251 e. The summed E-state index contributed by atoms with van der Waals surface area (Å²) in [6, 6.07) is 14.8. The highest BCUT2D eigenvalue weighted by Gasteiger charge is 2.14. The molecule has 2 aromatic carbocycles. The number of hydrogen-bond donors (Lipinski definition) is 1. The Hall–Kier alpha value is -2.04. The van der Waals surface area contributed by atoms with Gasteiger partial charge in [0.2, 0.25) is 0 Å². The van der Waals surface area contributed by atoms with E-state index in [0.29, 0.717) is 42.2 Å². The number of carbonyl (C=O) groups excluding carboxylic acids is 1. The van der Waals surface area contributed by atoms with Crippen molar-refractivity contribution >= 4 is 17.5 Å². The summed E-state index contributed by atoms with van der Waals surface area (Å²) < 4.78 is 11.6. The molecule has 1 fully saturated rings. The molecule has 1 amide bonds. The van der Waals surface area contributed by atoms with E-state index in [1.165, 1.54) is 25.7 Å². The number of carbonyl (C=O) groups is 1. The minimum Gasteiger partial charge on any atom is -0.489 e. The molecule has 0 heterocycles. The first-order chi connectivity index (χ1) is 13.2. The summed E-state index contributed by atoms with van der Waals surface area (Å²) in [7, 11) is 0. The Labute approximate surface area is 165 Å². The Morgan fingerprint density at radius 3 is 2.74 bits per heavy atom. The minimum absolute atomic E-state index is 0.0981. The van der Waals surface area contributed by atoms with Gasteiger partial charge in [-0.05, 0) is 43.5 Å². The molecule has 1 N–H and O–H groups in total. The molecule has 144 valence electrons. The third-order valence-corrected chi connectivity index (χ3v) is 5.08. The first-order valence-electron chi connectivity index (χ1n) is 9.58. The third kappa shape index (κ3) is 6.26.